The number of benzene rings is 1. The van der Waals surface area contributed by atoms with Crippen molar-refractivity contribution in [1.29, 1.82) is 0 Å². The van der Waals surface area contributed by atoms with Crippen LogP contribution in [0.3, 0.4) is 0 Å². The minimum Gasteiger partial charge on any atom is -0.323 e. The van der Waals surface area contributed by atoms with E-state index in [1.807, 2.05) is 43.3 Å². The summed E-state index contributed by atoms with van der Waals surface area (Å²) in [4.78, 5) is 0. The van der Waals surface area contributed by atoms with Gasteiger partial charge in [0.1, 0.15) is 0 Å². The first kappa shape index (κ1) is 15.2. The van der Waals surface area contributed by atoms with Gasteiger partial charge in [-0.25, -0.2) is 0 Å². The molecule has 1 aromatic carbocycles. The molecule has 0 radical (unpaired) electrons. The van der Waals surface area contributed by atoms with Crippen molar-refractivity contribution in [2.75, 3.05) is 6.61 Å². The van der Waals surface area contributed by atoms with Crippen LogP contribution in [0.15, 0.2) is 42.2 Å². The lowest BCUT2D eigenvalue weighted by Gasteiger charge is -2.13. The average Bonchev–Trinajstić information content (AvgIpc) is 2.40. The molecule has 3 heteroatoms. The summed E-state index contributed by atoms with van der Waals surface area (Å²) in [6.07, 6.45) is 6.54. The van der Waals surface area contributed by atoms with E-state index in [1.54, 1.807) is 5.82 Å². The van der Waals surface area contributed by atoms with Crippen LogP contribution in [0, 0.1) is 0 Å². The van der Waals surface area contributed by atoms with Crippen molar-refractivity contribution in [1.82, 2.24) is 0 Å². The van der Waals surface area contributed by atoms with Crippen LogP contribution >= 0.6 is 7.37 Å². The maximum absolute atomic E-state index is 12.7. The number of allylic oxidation sites excluding steroid dienone is 1. The lowest BCUT2D eigenvalue weighted by atomic mass is 10.2. The maximum Gasteiger partial charge on any atom is 0.253 e. The molecule has 0 N–H and O–H groups in total. The van der Waals surface area contributed by atoms with Gasteiger partial charge in [-0.3, -0.25) is 4.57 Å². The zero-order valence-electron chi connectivity index (χ0n) is 11.3. The highest BCUT2D eigenvalue weighted by molar-refractivity contribution is 7.70. The van der Waals surface area contributed by atoms with Crippen LogP contribution in [-0.4, -0.2) is 6.61 Å². The van der Waals surface area contributed by atoms with Gasteiger partial charge >= 0.3 is 0 Å². The maximum atomic E-state index is 12.7. The normalized spacial score (nSPS) is 14.8. The fraction of sp³-hybridized carbons (Fsp3) is 0.467. The molecular weight excluding hydrogens is 243 g/mol. The lowest BCUT2D eigenvalue weighted by molar-refractivity contribution is 0.347. The second-order valence-corrected chi connectivity index (χ2v) is 6.50. The topological polar surface area (TPSA) is 26.3 Å². The van der Waals surface area contributed by atoms with Gasteiger partial charge in [0.2, 0.25) is 0 Å². The standard InChI is InChI=1S/C15H23O2P/c1-3-5-6-7-11-14-18(16,17-4-2)15-12-9-8-10-13-15/h8-14H,3-7H2,1-2H3/b14-11+. The molecule has 0 heterocycles. The van der Waals surface area contributed by atoms with Crippen LogP contribution in [0.25, 0.3) is 0 Å². The first-order valence-corrected chi connectivity index (χ1v) is 8.40. The summed E-state index contributed by atoms with van der Waals surface area (Å²) in [6.45, 7) is 4.52. The summed E-state index contributed by atoms with van der Waals surface area (Å²) in [6, 6.07) is 9.45. The fourth-order valence-corrected chi connectivity index (χ4v) is 3.56. The molecule has 2 nitrogen and oxygen atoms in total. The average molecular weight is 266 g/mol. The van der Waals surface area contributed by atoms with Crippen molar-refractivity contribution in [3.8, 4) is 0 Å². The van der Waals surface area contributed by atoms with Gasteiger partial charge in [0.15, 0.2) is 0 Å². The Balaban J connectivity index is 2.72. The molecule has 0 aliphatic heterocycles. The monoisotopic (exact) mass is 266 g/mol. The fourth-order valence-electron chi connectivity index (χ4n) is 1.76. The van der Waals surface area contributed by atoms with E-state index < -0.39 is 7.37 Å². The predicted octanol–water partition coefficient (Wildman–Crippen LogP) is 4.72. The second kappa shape index (κ2) is 8.29. The van der Waals surface area contributed by atoms with E-state index in [-0.39, 0.29) is 0 Å². The van der Waals surface area contributed by atoms with E-state index in [0.717, 1.165) is 18.1 Å². The Hall–Kier alpha value is -0.850. The third-order valence-electron chi connectivity index (χ3n) is 2.71. The quantitative estimate of drug-likeness (QED) is 0.502. The van der Waals surface area contributed by atoms with Crippen molar-refractivity contribution < 1.29 is 9.09 Å². The molecule has 0 aliphatic rings. The van der Waals surface area contributed by atoms with Gasteiger partial charge in [-0.15, -0.1) is 0 Å². The molecule has 1 aromatic rings. The highest BCUT2D eigenvalue weighted by atomic mass is 31.2. The van der Waals surface area contributed by atoms with Crippen molar-refractivity contribution >= 4 is 12.7 Å². The molecule has 0 aromatic heterocycles. The summed E-state index contributed by atoms with van der Waals surface area (Å²) in [7, 11) is -2.80. The van der Waals surface area contributed by atoms with Crippen LogP contribution in [0.5, 0.6) is 0 Å². The molecule has 18 heavy (non-hydrogen) atoms. The van der Waals surface area contributed by atoms with Crippen molar-refractivity contribution in [2.45, 2.75) is 39.5 Å². The number of hydrogen-bond donors (Lipinski definition) is 0. The van der Waals surface area contributed by atoms with E-state index >= 15 is 0 Å². The Bertz CT molecular complexity index is 398. The minimum atomic E-state index is -2.80. The van der Waals surface area contributed by atoms with Crippen LogP contribution in [0.1, 0.15) is 39.5 Å². The molecule has 0 aliphatic carbocycles. The molecule has 0 spiro atoms. The lowest BCUT2D eigenvalue weighted by Crippen LogP contribution is -2.05. The molecule has 1 unspecified atom stereocenters. The molecule has 0 bridgehead atoms. The third-order valence-corrected chi connectivity index (χ3v) is 4.98. The molecule has 1 atom stereocenters. The minimum absolute atomic E-state index is 0.464. The first-order chi connectivity index (χ1) is 8.73. The van der Waals surface area contributed by atoms with Gasteiger partial charge < -0.3 is 4.52 Å². The molecule has 0 saturated heterocycles. The molecule has 1 rings (SSSR count). The van der Waals surface area contributed by atoms with Crippen molar-refractivity contribution in [3.63, 3.8) is 0 Å². The molecule has 100 valence electrons. The highest BCUT2D eigenvalue weighted by Gasteiger charge is 2.20. The first-order valence-electron chi connectivity index (χ1n) is 6.70. The summed E-state index contributed by atoms with van der Waals surface area (Å²) in [5.74, 6) is 1.77. The van der Waals surface area contributed by atoms with Gasteiger partial charge in [-0.1, -0.05) is 44.0 Å². The summed E-state index contributed by atoms with van der Waals surface area (Å²) in [5, 5.41) is 0.776. The van der Waals surface area contributed by atoms with E-state index in [9.17, 15) is 4.57 Å². The van der Waals surface area contributed by atoms with Gasteiger partial charge in [0, 0.05) is 11.1 Å². The van der Waals surface area contributed by atoms with Crippen LogP contribution in [-0.2, 0) is 9.09 Å². The van der Waals surface area contributed by atoms with E-state index in [4.69, 9.17) is 4.52 Å². The Morgan fingerprint density at radius 3 is 2.50 bits per heavy atom. The smallest absolute Gasteiger partial charge is 0.253 e. The van der Waals surface area contributed by atoms with Gasteiger partial charge in [-0.05, 0) is 31.9 Å². The Morgan fingerprint density at radius 1 is 1.17 bits per heavy atom. The van der Waals surface area contributed by atoms with Gasteiger partial charge in [0.25, 0.3) is 7.37 Å². The van der Waals surface area contributed by atoms with Crippen molar-refractivity contribution in [3.05, 3.63) is 42.2 Å². The molecule has 0 amide bonds. The number of hydrogen-bond acceptors (Lipinski definition) is 2. The Morgan fingerprint density at radius 2 is 1.89 bits per heavy atom. The highest BCUT2D eigenvalue weighted by Crippen LogP contribution is 2.47. The predicted molar refractivity (Wildman–Crippen MR) is 78.6 cm³/mol. The molecular formula is C15H23O2P. The molecule has 0 saturated carbocycles. The Labute approximate surface area is 111 Å². The zero-order chi connectivity index (χ0) is 13.3. The second-order valence-electron chi connectivity index (χ2n) is 4.23. The van der Waals surface area contributed by atoms with Crippen LogP contribution < -0.4 is 5.30 Å². The number of unbranched alkanes of at least 4 members (excludes halogenated alkanes) is 3. The van der Waals surface area contributed by atoms with E-state index in [0.29, 0.717) is 6.61 Å². The molecule has 0 fully saturated rings. The SMILES string of the molecule is CCCCC/C=C/P(=O)(OCC)c1ccccc1. The largest absolute Gasteiger partial charge is 0.323 e. The summed E-state index contributed by atoms with van der Waals surface area (Å²) >= 11 is 0. The van der Waals surface area contributed by atoms with Gasteiger partial charge in [0.05, 0.1) is 6.61 Å². The van der Waals surface area contributed by atoms with Crippen LogP contribution in [0.2, 0.25) is 0 Å². The zero-order valence-corrected chi connectivity index (χ0v) is 12.2. The van der Waals surface area contributed by atoms with E-state index in [1.165, 1.54) is 12.8 Å². The van der Waals surface area contributed by atoms with Gasteiger partial charge in [-0.2, -0.15) is 0 Å². The summed E-state index contributed by atoms with van der Waals surface area (Å²) < 4.78 is 18.2. The number of rotatable bonds is 8. The van der Waals surface area contributed by atoms with Crippen LogP contribution in [0.4, 0.5) is 0 Å². The van der Waals surface area contributed by atoms with Crippen molar-refractivity contribution in [2.24, 2.45) is 0 Å². The third kappa shape index (κ3) is 4.80. The Kier molecular flexibility index (Phi) is 7.00. The summed E-state index contributed by atoms with van der Waals surface area (Å²) in [5.41, 5.74) is 0. The van der Waals surface area contributed by atoms with E-state index in [2.05, 4.69) is 6.92 Å².